The standard InChI is InChI=1S/C18H18O5/c1-3-9-22-16-12(7-8-15(19)17(16)21-2)11-5-4-6-13-14(11)10-23-18(13)20/h4-8,19H,3,9-10H2,1-2H3. The fourth-order valence-corrected chi connectivity index (χ4v) is 2.71. The van der Waals surface area contributed by atoms with Gasteiger partial charge in [-0.05, 0) is 30.2 Å². The summed E-state index contributed by atoms with van der Waals surface area (Å²) in [4.78, 5) is 11.8. The Labute approximate surface area is 134 Å². The summed E-state index contributed by atoms with van der Waals surface area (Å²) in [5.74, 6) is 0.465. The molecule has 1 aliphatic heterocycles. The molecule has 1 heterocycles. The molecule has 5 nitrogen and oxygen atoms in total. The van der Waals surface area contributed by atoms with Gasteiger partial charge in [-0.3, -0.25) is 0 Å². The number of esters is 1. The molecule has 0 atom stereocenters. The first-order valence-electron chi connectivity index (χ1n) is 7.49. The third-order valence-corrected chi connectivity index (χ3v) is 3.78. The molecule has 0 amide bonds. The van der Waals surface area contributed by atoms with E-state index in [2.05, 4.69) is 0 Å². The van der Waals surface area contributed by atoms with Crippen LogP contribution in [0, 0.1) is 0 Å². The number of phenols is 1. The Morgan fingerprint density at radius 1 is 1.13 bits per heavy atom. The number of hydrogen-bond acceptors (Lipinski definition) is 5. The second kappa shape index (κ2) is 6.20. The molecule has 0 radical (unpaired) electrons. The van der Waals surface area contributed by atoms with Crippen molar-refractivity contribution < 1.29 is 24.1 Å². The van der Waals surface area contributed by atoms with Crippen molar-refractivity contribution in [2.45, 2.75) is 20.0 Å². The van der Waals surface area contributed by atoms with Crippen LogP contribution in [0.5, 0.6) is 17.2 Å². The smallest absolute Gasteiger partial charge is 0.338 e. The van der Waals surface area contributed by atoms with E-state index in [4.69, 9.17) is 14.2 Å². The second-order valence-corrected chi connectivity index (χ2v) is 5.25. The van der Waals surface area contributed by atoms with E-state index in [-0.39, 0.29) is 18.3 Å². The van der Waals surface area contributed by atoms with E-state index >= 15 is 0 Å². The molecule has 0 spiro atoms. The van der Waals surface area contributed by atoms with Crippen molar-refractivity contribution in [3.8, 4) is 28.4 Å². The number of carbonyl (C=O) groups is 1. The van der Waals surface area contributed by atoms with Gasteiger partial charge in [-0.1, -0.05) is 19.1 Å². The number of cyclic esters (lactones) is 1. The van der Waals surface area contributed by atoms with Gasteiger partial charge in [-0.25, -0.2) is 4.79 Å². The van der Waals surface area contributed by atoms with Crippen molar-refractivity contribution in [2.75, 3.05) is 13.7 Å². The molecule has 120 valence electrons. The summed E-state index contributed by atoms with van der Waals surface area (Å²) in [5.41, 5.74) is 3.00. The highest BCUT2D eigenvalue weighted by Crippen LogP contribution is 2.45. The van der Waals surface area contributed by atoms with Crippen LogP contribution in [0.2, 0.25) is 0 Å². The Hall–Kier alpha value is -2.69. The number of carbonyl (C=O) groups excluding carboxylic acids is 1. The molecule has 1 N–H and O–H groups in total. The van der Waals surface area contributed by atoms with Crippen molar-refractivity contribution in [3.05, 3.63) is 41.5 Å². The highest BCUT2D eigenvalue weighted by atomic mass is 16.5. The maximum absolute atomic E-state index is 11.8. The third kappa shape index (κ3) is 2.59. The molecule has 0 unspecified atom stereocenters. The Morgan fingerprint density at radius 2 is 1.91 bits per heavy atom. The molecule has 3 rings (SSSR count). The Morgan fingerprint density at radius 3 is 2.65 bits per heavy atom. The number of aromatic hydroxyl groups is 1. The molecule has 2 aromatic carbocycles. The number of rotatable bonds is 5. The van der Waals surface area contributed by atoms with Gasteiger partial charge in [-0.15, -0.1) is 0 Å². The van der Waals surface area contributed by atoms with Crippen molar-refractivity contribution in [1.29, 1.82) is 0 Å². The molecule has 0 aromatic heterocycles. The minimum Gasteiger partial charge on any atom is -0.504 e. The highest BCUT2D eigenvalue weighted by Gasteiger charge is 2.26. The van der Waals surface area contributed by atoms with Crippen LogP contribution in [0.1, 0.15) is 29.3 Å². The molecule has 0 bridgehead atoms. The zero-order valence-electron chi connectivity index (χ0n) is 13.1. The van der Waals surface area contributed by atoms with Crippen LogP contribution < -0.4 is 9.47 Å². The van der Waals surface area contributed by atoms with Crippen LogP contribution in [0.15, 0.2) is 30.3 Å². The molecule has 23 heavy (non-hydrogen) atoms. The van der Waals surface area contributed by atoms with Crippen LogP contribution in [-0.4, -0.2) is 24.8 Å². The molecule has 5 heteroatoms. The van der Waals surface area contributed by atoms with Gasteiger partial charge in [0, 0.05) is 11.1 Å². The second-order valence-electron chi connectivity index (χ2n) is 5.25. The van der Waals surface area contributed by atoms with Crippen molar-refractivity contribution >= 4 is 5.97 Å². The molecular weight excluding hydrogens is 296 g/mol. The SMILES string of the molecule is CCCOc1c(-c2cccc3c2COC3=O)ccc(O)c1OC. The molecule has 2 aromatic rings. The van der Waals surface area contributed by atoms with Gasteiger partial charge in [0.25, 0.3) is 0 Å². The van der Waals surface area contributed by atoms with E-state index in [1.807, 2.05) is 19.1 Å². The largest absolute Gasteiger partial charge is 0.504 e. The average molecular weight is 314 g/mol. The quantitative estimate of drug-likeness (QED) is 0.855. The number of fused-ring (bicyclic) bond motifs is 1. The average Bonchev–Trinajstić information content (AvgIpc) is 2.94. The maximum atomic E-state index is 11.8. The van der Waals surface area contributed by atoms with Crippen LogP contribution in [0.3, 0.4) is 0 Å². The van der Waals surface area contributed by atoms with E-state index in [0.717, 1.165) is 23.1 Å². The van der Waals surface area contributed by atoms with E-state index < -0.39 is 0 Å². The van der Waals surface area contributed by atoms with Crippen molar-refractivity contribution in [3.63, 3.8) is 0 Å². The van der Waals surface area contributed by atoms with E-state index in [9.17, 15) is 9.90 Å². The lowest BCUT2D eigenvalue weighted by molar-refractivity contribution is 0.0535. The Balaban J connectivity index is 2.19. The predicted octanol–water partition coefficient (Wildman–Crippen LogP) is 3.53. The summed E-state index contributed by atoms with van der Waals surface area (Å²) < 4.78 is 16.2. The summed E-state index contributed by atoms with van der Waals surface area (Å²) in [7, 11) is 1.49. The normalized spacial score (nSPS) is 12.7. The lowest BCUT2D eigenvalue weighted by Crippen LogP contribution is -2.01. The highest BCUT2D eigenvalue weighted by molar-refractivity contribution is 5.96. The van der Waals surface area contributed by atoms with Gasteiger partial charge < -0.3 is 19.3 Å². The van der Waals surface area contributed by atoms with Crippen LogP contribution in [-0.2, 0) is 11.3 Å². The molecule has 0 saturated carbocycles. The number of benzene rings is 2. The summed E-state index contributed by atoms with van der Waals surface area (Å²) in [5, 5.41) is 10.0. The molecule has 0 aliphatic carbocycles. The van der Waals surface area contributed by atoms with Gasteiger partial charge in [0.2, 0.25) is 5.75 Å². The fraction of sp³-hybridized carbons (Fsp3) is 0.278. The summed E-state index contributed by atoms with van der Waals surface area (Å²) in [6.45, 7) is 2.74. The van der Waals surface area contributed by atoms with Crippen molar-refractivity contribution in [2.24, 2.45) is 0 Å². The summed E-state index contributed by atoms with van der Waals surface area (Å²) >= 11 is 0. The lowest BCUT2D eigenvalue weighted by Gasteiger charge is -2.17. The van der Waals surface area contributed by atoms with Gasteiger partial charge >= 0.3 is 5.97 Å². The first-order chi connectivity index (χ1) is 11.2. The van der Waals surface area contributed by atoms with Gasteiger partial charge in [-0.2, -0.15) is 0 Å². The van der Waals surface area contributed by atoms with Crippen LogP contribution in [0.25, 0.3) is 11.1 Å². The molecular formula is C18H18O5. The monoisotopic (exact) mass is 314 g/mol. The zero-order valence-corrected chi connectivity index (χ0v) is 13.1. The topological polar surface area (TPSA) is 65.0 Å². The number of methoxy groups -OCH3 is 1. The van der Waals surface area contributed by atoms with Gasteiger partial charge in [0.05, 0.1) is 19.3 Å². The van der Waals surface area contributed by atoms with Crippen LogP contribution in [0.4, 0.5) is 0 Å². The first kappa shape index (κ1) is 15.2. The number of phenolic OH excluding ortho intramolecular Hbond substituents is 1. The maximum Gasteiger partial charge on any atom is 0.338 e. The lowest BCUT2D eigenvalue weighted by atomic mass is 9.96. The predicted molar refractivity (Wildman–Crippen MR) is 85.0 cm³/mol. The summed E-state index contributed by atoms with van der Waals surface area (Å²) in [6, 6.07) is 8.79. The van der Waals surface area contributed by atoms with Crippen molar-refractivity contribution in [1.82, 2.24) is 0 Å². The van der Waals surface area contributed by atoms with E-state index in [1.165, 1.54) is 7.11 Å². The van der Waals surface area contributed by atoms with Gasteiger partial charge in [0.15, 0.2) is 11.5 Å². The van der Waals surface area contributed by atoms with E-state index in [1.54, 1.807) is 18.2 Å². The summed E-state index contributed by atoms with van der Waals surface area (Å²) in [6.07, 6.45) is 0.826. The number of hydrogen-bond donors (Lipinski definition) is 1. The minimum absolute atomic E-state index is 0.0160. The zero-order chi connectivity index (χ0) is 16.4. The minimum atomic E-state index is -0.316. The van der Waals surface area contributed by atoms with Crippen LogP contribution >= 0.6 is 0 Å². The Bertz CT molecular complexity index is 751. The van der Waals surface area contributed by atoms with Gasteiger partial charge in [0.1, 0.15) is 6.61 Å². The van der Waals surface area contributed by atoms with E-state index in [0.29, 0.717) is 23.7 Å². The molecule has 0 fully saturated rings. The first-order valence-corrected chi connectivity index (χ1v) is 7.49. The fourth-order valence-electron chi connectivity index (χ4n) is 2.71. The third-order valence-electron chi connectivity index (χ3n) is 3.78. The Kier molecular flexibility index (Phi) is 4.10. The molecule has 1 aliphatic rings. The molecule has 0 saturated heterocycles. The number of ether oxygens (including phenoxy) is 3.